The van der Waals surface area contributed by atoms with Crippen LogP contribution in [0.5, 0.6) is 0 Å². The summed E-state index contributed by atoms with van der Waals surface area (Å²) in [5.41, 5.74) is 1.87. The Bertz CT molecular complexity index is 797. The van der Waals surface area contributed by atoms with Crippen molar-refractivity contribution in [1.82, 2.24) is 9.78 Å². The first-order valence-electron chi connectivity index (χ1n) is 7.07. The molecule has 1 aromatic heterocycles. The van der Waals surface area contributed by atoms with Gasteiger partial charge in [0.1, 0.15) is 0 Å². The van der Waals surface area contributed by atoms with Crippen LogP contribution in [0.3, 0.4) is 0 Å². The van der Waals surface area contributed by atoms with Crippen molar-refractivity contribution in [2.24, 2.45) is 0 Å². The molecule has 2 heterocycles. The quantitative estimate of drug-likeness (QED) is 0.935. The smallest absolute Gasteiger partial charge is 0.259 e. The van der Waals surface area contributed by atoms with Gasteiger partial charge in [0.15, 0.2) is 9.84 Å². The molecular formula is C15H17N3O3S. The Labute approximate surface area is 129 Å². The average Bonchev–Trinajstić information content (AvgIpc) is 3.02. The van der Waals surface area contributed by atoms with Crippen LogP contribution in [0.2, 0.25) is 0 Å². The summed E-state index contributed by atoms with van der Waals surface area (Å²) in [6.45, 7) is 1.79. The summed E-state index contributed by atoms with van der Waals surface area (Å²) >= 11 is 0. The molecular weight excluding hydrogens is 302 g/mol. The SMILES string of the molecule is Cc1c(C(=O)Nc2ccccc2)cnn1C1CCS(=O)(=O)C1. The summed E-state index contributed by atoms with van der Waals surface area (Å²) in [6.07, 6.45) is 2.04. The van der Waals surface area contributed by atoms with Crippen LogP contribution in [-0.4, -0.2) is 35.6 Å². The highest BCUT2D eigenvalue weighted by molar-refractivity contribution is 7.91. The standard InChI is InChI=1S/C15H17N3O3S/c1-11-14(15(19)17-12-5-3-2-4-6-12)9-16-18(11)13-7-8-22(20,21)10-13/h2-6,9,13H,7-8,10H2,1H3,(H,17,19). The van der Waals surface area contributed by atoms with E-state index in [1.807, 2.05) is 18.2 Å². The average molecular weight is 319 g/mol. The monoisotopic (exact) mass is 319 g/mol. The van der Waals surface area contributed by atoms with E-state index in [-0.39, 0.29) is 23.5 Å². The number of nitrogens with one attached hydrogen (secondary N) is 1. The van der Waals surface area contributed by atoms with Crippen molar-refractivity contribution in [3.63, 3.8) is 0 Å². The van der Waals surface area contributed by atoms with E-state index in [1.54, 1.807) is 23.7 Å². The minimum Gasteiger partial charge on any atom is -0.322 e. The fourth-order valence-electron chi connectivity index (χ4n) is 2.70. The lowest BCUT2D eigenvalue weighted by Gasteiger charge is -2.11. The summed E-state index contributed by atoms with van der Waals surface area (Å²) in [7, 11) is -2.98. The number of benzene rings is 1. The van der Waals surface area contributed by atoms with Gasteiger partial charge in [-0.15, -0.1) is 0 Å². The van der Waals surface area contributed by atoms with Gasteiger partial charge in [-0.1, -0.05) is 18.2 Å². The zero-order chi connectivity index (χ0) is 15.7. The fourth-order valence-corrected chi connectivity index (χ4v) is 4.39. The lowest BCUT2D eigenvalue weighted by atomic mass is 10.2. The molecule has 1 aliphatic rings. The second-order valence-corrected chi connectivity index (χ2v) is 7.69. The molecule has 1 aromatic carbocycles. The van der Waals surface area contributed by atoms with Crippen LogP contribution < -0.4 is 5.32 Å². The fraction of sp³-hybridized carbons (Fsp3) is 0.333. The first kappa shape index (κ1) is 14.8. The van der Waals surface area contributed by atoms with Crippen molar-refractivity contribution in [3.05, 3.63) is 47.8 Å². The maximum atomic E-state index is 12.3. The van der Waals surface area contributed by atoms with Crippen molar-refractivity contribution in [1.29, 1.82) is 0 Å². The largest absolute Gasteiger partial charge is 0.322 e. The molecule has 1 N–H and O–H groups in total. The number of amides is 1. The Morgan fingerprint density at radius 1 is 1.32 bits per heavy atom. The van der Waals surface area contributed by atoms with Gasteiger partial charge < -0.3 is 5.32 Å². The molecule has 7 heteroatoms. The van der Waals surface area contributed by atoms with Crippen molar-refractivity contribution in [3.8, 4) is 0 Å². The summed E-state index contributed by atoms with van der Waals surface area (Å²) < 4.78 is 24.8. The van der Waals surface area contributed by atoms with Crippen LogP contribution in [0.1, 0.15) is 28.5 Å². The Morgan fingerprint density at radius 3 is 2.68 bits per heavy atom. The zero-order valence-electron chi connectivity index (χ0n) is 12.2. The number of hydrogen-bond acceptors (Lipinski definition) is 4. The maximum absolute atomic E-state index is 12.3. The van der Waals surface area contributed by atoms with E-state index in [2.05, 4.69) is 10.4 Å². The molecule has 6 nitrogen and oxygen atoms in total. The lowest BCUT2D eigenvalue weighted by Crippen LogP contribution is -2.16. The van der Waals surface area contributed by atoms with Crippen molar-refractivity contribution in [2.45, 2.75) is 19.4 Å². The maximum Gasteiger partial charge on any atom is 0.259 e. The highest BCUT2D eigenvalue weighted by atomic mass is 32.2. The first-order chi connectivity index (χ1) is 10.5. The van der Waals surface area contributed by atoms with Gasteiger partial charge >= 0.3 is 0 Å². The topological polar surface area (TPSA) is 81.1 Å². The van der Waals surface area contributed by atoms with E-state index in [4.69, 9.17) is 0 Å². The molecule has 0 bridgehead atoms. The molecule has 0 spiro atoms. The normalized spacial score (nSPS) is 20.0. The van der Waals surface area contributed by atoms with Crippen LogP contribution in [0.4, 0.5) is 5.69 Å². The van der Waals surface area contributed by atoms with E-state index in [0.717, 1.165) is 0 Å². The van der Waals surface area contributed by atoms with Crippen LogP contribution in [-0.2, 0) is 9.84 Å². The number of carbonyl (C=O) groups is 1. The summed E-state index contributed by atoms with van der Waals surface area (Å²) in [5, 5.41) is 7.03. The summed E-state index contributed by atoms with van der Waals surface area (Å²) in [5.74, 6) is 0.0356. The number of anilines is 1. The van der Waals surface area contributed by atoms with Crippen LogP contribution in [0.15, 0.2) is 36.5 Å². The zero-order valence-corrected chi connectivity index (χ0v) is 13.0. The predicted octanol–water partition coefficient (Wildman–Crippen LogP) is 1.80. The molecule has 1 atom stereocenters. The molecule has 22 heavy (non-hydrogen) atoms. The molecule has 1 aliphatic heterocycles. The van der Waals surface area contributed by atoms with Gasteiger partial charge in [0.2, 0.25) is 0 Å². The minimum atomic E-state index is -2.98. The number of carbonyl (C=O) groups excluding carboxylic acids is 1. The number of para-hydroxylation sites is 1. The third-order valence-corrected chi connectivity index (χ3v) is 5.63. The predicted molar refractivity (Wildman–Crippen MR) is 83.7 cm³/mol. The molecule has 0 saturated carbocycles. The minimum absolute atomic E-state index is 0.0925. The van der Waals surface area contributed by atoms with E-state index in [9.17, 15) is 13.2 Å². The number of sulfone groups is 1. The van der Waals surface area contributed by atoms with Gasteiger partial charge in [-0.3, -0.25) is 9.48 Å². The molecule has 1 fully saturated rings. The van der Waals surface area contributed by atoms with E-state index in [0.29, 0.717) is 23.4 Å². The molecule has 1 saturated heterocycles. The highest BCUT2D eigenvalue weighted by Gasteiger charge is 2.31. The van der Waals surface area contributed by atoms with Gasteiger partial charge in [-0.25, -0.2) is 8.42 Å². The van der Waals surface area contributed by atoms with Crippen molar-refractivity contribution < 1.29 is 13.2 Å². The van der Waals surface area contributed by atoms with Crippen molar-refractivity contribution in [2.75, 3.05) is 16.8 Å². The number of nitrogens with zero attached hydrogens (tertiary/aromatic N) is 2. The second kappa shape index (κ2) is 5.57. The molecule has 3 rings (SSSR count). The molecule has 2 aromatic rings. The number of aromatic nitrogens is 2. The lowest BCUT2D eigenvalue weighted by molar-refractivity contribution is 0.102. The summed E-state index contributed by atoms with van der Waals surface area (Å²) in [4.78, 5) is 12.3. The van der Waals surface area contributed by atoms with E-state index < -0.39 is 9.84 Å². The first-order valence-corrected chi connectivity index (χ1v) is 8.89. The number of hydrogen-bond donors (Lipinski definition) is 1. The van der Waals surface area contributed by atoms with E-state index >= 15 is 0 Å². The Kier molecular flexibility index (Phi) is 3.74. The molecule has 0 aliphatic carbocycles. The van der Waals surface area contributed by atoms with Gasteiger partial charge in [0.25, 0.3) is 5.91 Å². The van der Waals surface area contributed by atoms with Gasteiger partial charge in [-0.05, 0) is 25.5 Å². The molecule has 116 valence electrons. The van der Waals surface area contributed by atoms with Crippen molar-refractivity contribution >= 4 is 21.4 Å². The Balaban J connectivity index is 1.80. The van der Waals surface area contributed by atoms with Crippen LogP contribution in [0, 0.1) is 6.92 Å². The molecule has 0 radical (unpaired) electrons. The Hall–Kier alpha value is -2.15. The second-order valence-electron chi connectivity index (χ2n) is 5.47. The van der Waals surface area contributed by atoms with E-state index in [1.165, 1.54) is 6.20 Å². The van der Waals surface area contributed by atoms with Gasteiger partial charge in [0.05, 0.1) is 29.3 Å². The molecule has 1 unspecified atom stereocenters. The van der Waals surface area contributed by atoms with Crippen LogP contribution >= 0.6 is 0 Å². The summed E-state index contributed by atoms with van der Waals surface area (Å²) in [6, 6.07) is 9.00. The number of rotatable bonds is 3. The van der Waals surface area contributed by atoms with Gasteiger partial charge in [-0.2, -0.15) is 5.10 Å². The Morgan fingerprint density at radius 2 is 2.05 bits per heavy atom. The molecule has 1 amide bonds. The third-order valence-electron chi connectivity index (χ3n) is 3.88. The van der Waals surface area contributed by atoms with Gasteiger partial charge in [0, 0.05) is 11.4 Å². The highest BCUT2D eigenvalue weighted by Crippen LogP contribution is 2.25. The third kappa shape index (κ3) is 2.89. The van der Waals surface area contributed by atoms with Crippen LogP contribution in [0.25, 0.3) is 0 Å².